The Hall–Kier alpha value is -3.79. The molecule has 142 valence electrons. The molecular weight excluding hydrogens is 360 g/mol. The number of rotatable bonds is 7. The standard InChI is InChI=1S/C21H18N2O5/c1-2-14-7-9-15(10-8-14)26-13-20(25)27-12-19(24)23-21-16-5-3-4-6-17(16)28-18(21)11-22/h3-10H,2,12-13H2,1H3,(H,23,24). The van der Waals surface area contributed by atoms with Crippen molar-refractivity contribution in [2.75, 3.05) is 18.5 Å². The van der Waals surface area contributed by atoms with Gasteiger partial charge in [0.2, 0.25) is 5.76 Å². The van der Waals surface area contributed by atoms with Crippen LogP contribution in [0.25, 0.3) is 11.0 Å². The van der Waals surface area contributed by atoms with Crippen LogP contribution in [0.15, 0.2) is 52.9 Å². The Kier molecular flexibility index (Phi) is 5.92. The number of benzene rings is 2. The van der Waals surface area contributed by atoms with Crippen molar-refractivity contribution in [3.05, 3.63) is 59.9 Å². The average Bonchev–Trinajstić information content (AvgIpc) is 3.08. The van der Waals surface area contributed by atoms with E-state index in [0.29, 0.717) is 16.7 Å². The largest absolute Gasteiger partial charge is 0.482 e. The average molecular weight is 378 g/mol. The summed E-state index contributed by atoms with van der Waals surface area (Å²) in [6, 6.07) is 16.2. The fourth-order valence-electron chi connectivity index (χ4n) is 2.58. The summed E-state index contributed by atoms with van der Waals surface area (Å²) in [7, 11) is 0. The van der Waals surface area contributed by atoms with Crippen LogP contribution in [0.5, 0.6) is 5.75 Å². The van der Waals surface area contributed by atoms with Crippen LogP contribution in [0.3, 0.4) is 0 Å². The molecule has 0 unspecified atom stereocenters. The lowest BCUT2D eigenvalue weighted by molar-refractivity contribution is -0.149. The molecule has 7 heteroatoms. The van der Waals surface area contributed by atoms with Crippen molar-refractivity contribution in [3.8, 4) is 11.8 Å². The summed E-state index contributed by atoms with van der Waals surface area (Å²) in [5.74, 6) is -0.724. The highest BCUT2D eigenvalue weighted by Gasteiger charge is 2.17. The number of esters is 1. The first-order valence-electron chi connectivity index (χ1n) is 8.69. The van der Waals surface area contributed by atoms with Gasteiger partial charge in [0.15, 0.2) is 13.2 Å². The number of anilines is 1. The predicted octanol–water partition coefficient (Wildman–Crippen LogP) is 3.43. The van der Waals surface area contributed by atoms with Gasteiger partial charge >= 0.3 is 5.97 Å². The zero-order valence-corrected chi connectivity index (χ0v) is 15.2. The molecule has 0 fully saturated rings. The molecule has 28 heavy (non-hydrogen) atoms. The Labute approximate surface area is 161 Å². The van der Waals surface area contributed by atoms with Gasteiger partial charge in [-0.2, -0.15) is 5.26 Å². The minimum atomic E-state index is -0.674. The summed E-state index contributed by atoms with van der Waals surface area (Å²) in [5.41, 5.74) is 1.90. The van der Waals surface area contributed by atoms with Crippen LogP contribution in [0, 0.1) is 11.3 Å². The van der Waals surface area contributed by atoms with Crippen molar-refractivity contribution < 1.29 is 23.5 Å². The van der Waals surface area contributed by atoms with Crippen LogP contribution in [0.2, 0.25) is 0 Å². The number of nitrogens with zero attached hydrogens (tertiary/aromatic N) is 1. The lowest BCUT2D eigenvalue weighted by atomic mass is 10.2. The molecule has 1 heterocycles. The van der Waals surface area contributed by atoms with Gasteiger partial charge in [0.05, 0.1) is 0 Å². The maximum atomic E-state index is 12.1. The monoisotopic (exact) mass is 378 g/mol. The van der Waals surface area contributed by atoms with Crippen LogP contribution < -0.4 is 10.1 Å². The van der Waals surface area contributed by atoms with Gasteiger partial charge < -0.3 is 19.2 Å². The van der Waals surface area contributed by atoms with E-state index in [1.807, 2.05) is 25.1 Å². The number of amides is 1. The molecule has 0 bridgehead atoms. The van der Waals surface area contributed by atoms with Gasteiger partial charge in [-0.3, -0.25) is 4.79 Å². The first-order valence-corrected chi connectivity index (χ1v) is 8.69. The maximum Gasteiger partial charge on any atom is 0.344 e. The van der Waals surface area contributed by atoms with E-state index in [0.717, 1.165) is 12.0 Å². The van der Waals surface area contributed by atoms with Gasteiger partial charge in [0.1, 0.15) is 23.1 Å². The molecule has 1 aromatic heterocycles. The molecule has 0 spiro atoms. The summed E-state index contributed by atoms with van der Waals surface area (Å²) in [6.45, 7) is 1.24. The highest BCUT2D eigenvalue weighted by molar-refractivity contribution is 6.03. The Morgan fingerprint density at radius 2 is 1.86 bits per heavy atom. The zero-order chi connectivity index (χ0) is 19.9. The molecule has 7 nitrogen and oxygen atoms in total. The van der Waals surface area contributed by atoms with Gasteiger partial charge in [0.25, 0.3) is 5.91 Å². The number of carbonyl (C=O) groups is 2. The van der Waals surface area contributed by atoms with Crippen molar-refractivity contribution >= 4 is 28.5 Å². The molecule has 2 aromatic carbocycles. The number of nitrogens with one attached hydrogen (secondary N) is 1. The third kappa shape index (κ3) is 4.48. The predicted molar refractivity (Wildman–Crippen MR) is 102 cm³/mol. The lowest BCUT2D eigenvalue weighted by Gasteiger charge is -2.08. The normalized spacial score (nSPS) is 10.3. The van der Waals surface area contributed by atoms with Crippen molar-refractivity contribution in [2.45, 2.75) is 13.3 Å². The van der Waals surface area contributed by atoms with Crippen LogP contribution >= 0.6 is 0 Å². The summed E-state index contributed by atoms with van der Waals surface area (Å²) in [4.78, 5) is 23.9. The quantitative estimate of drug-likeness (QED) is 0.632. The Bertz CT molecular complexity index is 1030. The van der Waals surface area contributed by atoms with E-state index < -0.39 is 18.5 Å². The van der Waals surface area contributed by atoms with Gasteiger partial charge in [-0.05, 0) is 36.2 Å². The van der Waals surface area contributed by atoms with Gasteiger partial charge in [0, 0.05) is 5.39 Å². The molecule has 0 atom stereocenters. The highest BCUT2D eigenvalue weighted by atomic mass is 16.6. The van der Waals surface area contributed by atoms with Gasteiger partial charge in [-0.1, -0.05) is 31.2 Å². The highest BCUT2D eigenvalue weighted by Crippen LogP contribution is 2.30. The minimum absolute atomic E-state index is 0.0141. The van der Waals surface area contributed by atoms with E-state index in [1.165, 1.54) is 0 Å². The molecule has 0 aliphatic carbocycles. The summed E-state index contributed by atoms with van der Waals surface area (Å²) in [6.07, 6.45) is 0.914. The van der Waals surface area contributed by atoms with E-state index in [2.05, 4.69) is 5.32 Å². The smallest absolute Gasteiger partial charge is 0.344 e. The number of furan rings is 1. The minimum Gasteiger partial charge on any atom is -0.482 e. The third-order valence-corrected chi connectivity index (χ3v) is 4.01. The second-order valence-electron chi connectivity index (χ2n) is 5.91. The second-order valence-corrected chi connectivity index (χ2v) is 5.91. The van der Waals surface area contributed by atoms with Crippen LogP contribution in [-0.2, 0) is 20.7 Å². The lowest BCUT2D eigenvalue weighted by Crippen LogP contribution is -2.23. The number of hydrogen-bond donors (Lipinski definition) is 1. The molecule has 3 aromatic rings. The van der Waals surface area contributed by atoms with Crippen LogP contribution in [0.1, 0.15) is 18.2 Å². The Balaban J connectivity index is 1.51. The maximum absolute atomic E-state index is 12.1. The van der Waals surface area contributed by atoms with Crippen molar-refractivity contribution in [1.82, 2.24) is 0 Å². The summed E-state index contributed by atoms with van der Waals surface area (Å²) >= 11 is 0. The van der Waals surface area contributed by atoms with E-state index in [9.17, 15) is 9.59 Å². The van der Waals surface area contributed by atoms with E-state index in [1.54, 1.807) is 36.4 Å². The topological polar surface area (TPSA) is 102 Å². The van der Waals surface area contributed by atoms with Crippen molar-refractivity contribution in [3.63, 3.8) is 0 Å². The fourth-order valence-corrected chi connectivity index (χ4v) is 2.58. The van der Waals surface area contributed by atoms with Crippen LogP contribution in [-0.4, -0.2) is 25.1 Å². The number of carbonyl (C=O) groups excluding carboxylic acids is 2. The zero-order valence-electron chi connectivity index (χ0n) is 15.2. The Morgan fingerprint density at radius 1 is 1.11 bits per heavy atom. The number of aryl methyl sites for hydroxylation is 1. The summed E-state index contributed by atoms with van der Waals surface area (Å²) < 4.78 is 15.6. The van der Waals surface area contributed by atoms with Gasteiger partial charge in [-0.25, -0.2) is 4.79 Å². The number of ether oxygens (including phenoxy) is 2. The molecule has 0 aliphatic heterocycles. The Morgan fingerprint density at radius 3 is 2.57 bits per heavy atom. The van der Waals surface area contributed by atoms with E-state index in [4.69, 9.17) is 19.2 Å². The molecule has 3 rings (SSSR count). The molecule has 0 radical (unpaired) electrons. The molecule has 0 saturated carbocycles. The first kappa shape index (κ1) is 19.0. The third-order valence-electron chi connectivity index (χ3n) is 4.01. The summed E-state index contributed by atoms with van der Waals surface area (Å²) in [5, 5.41) is 12.3. The number of nitriles is 1. The second kappa shape index (κ2) is 8.73. The molecule has 1 amide bonds. The molecular formula is C21H18N2O5. The number of hydrogen-bond acceptors (Lipinski definition) is 6. The number of para-hydroxylation sites is 1. The van der Waals surface area contributed by atoms with Crippen LogP contribution in [0.4, 0.5) is 5.69 Å². The van der Waals surface area contributed by atoms with E-state index in [-0.39, 0.29) is 18.1 Å². The SMILES string of the molecule is CCc1ccc(OCC(=O)OCC(=O)Nc2c(C#N)oc3ccccc23)cc1. The molecule has 1 N–H and O–H groups in total. The first-order chi connectivity index (χ1) is 13.6. The fraction of sp³-hybridized carbons (Fsp3) is 0.190. The number of fused-ring (bicyclic) bond motifs is 1. The molecule has 0 saturated heterocycles. The van der Waals surface area contributed by atoms with E-state index >= 15 is 0 Å². The van der Waals surface area contributed by atoms with Gasteiger partial charge in [-0.15, -0.1) is 0 Å². The van der Waals surface area contributed by atoms with Crippen molar-refractivity contribution in [2.24, 2.45) is 0 Å². The molecule has 0 aliphatic rings. The van der Waals surface area contributed by atoms with Crippen molar-refractivity contribution in [1.29, 1.82) is 5.26 Å².